The number of hydrogen-bond acceptors (Lipinski definition) is 4. The molecule has 1 N–H and O–H groups in total. The summed E-state index contributed by atoms with van der Waals surface area (Å²) in [5.41, 5.74) is -0.746. The number of unbranched alkanes of at least 4 members (excludes halogenated alkanes) is 2. The minimum absolute atomic E-state index is 0.235. The standard InChI is InChI=1S/C8H17NO3S/c1-2-3-4-7-13(10,11)8-9-5-6-12-8/h8-9H,2-7H2,1H3. The summed E-state index contributed by atoms with van der Waals surface area (Å²) in [6.07, 6.45) is 2.74. The van der Waals surface area contributed by atoms with Crippen LogP contribution in [0.1, 0.15) is 26.2 Å². The van der Waals surface area contributed by atoms with Crippen LogP contribution in [0.4, 0.5) is 0 Å². The summed E-state index contributed by atoms with van der Waals surface area (Å²) < 4.78 is 28.1. The van der Waals surface area contributed by atoms with Gasteiger partial charge in [0.05, 0.1) is 12.4 Å². The Hall–Kier alpha value is -0.130. The molecule has 5 heteroatoms. The van der Waals surface area contributed by atoms with E-state index in [-0.39, 0.29) is 5.75 Å². The average Bonchev–Trinajstić information content (AvgIpc) is 2.56. The molecule has 1 heterocycles. The van der Waals surface area contributed by atoms with Gasteiger partial charge in [0.25, 0.3) is 0 Å². The molecule has 0 aromatic rings. The molecule has 0 saturated carbocycles. The van der Waals surface area contributed by atoms with E-state index >= 15 is 0 Å². The van der Waals surface area contributed by atoms with Crippen LogP contribution in [0.3, 0.4) is 0 Å². The highest BCUT2D eigenvalue weighted by Crippen LogP contribution is 2.08. The van der Waals surface area contributed by atoms with Gasteiger partial charge in [-0.25, -0.2) is 8.42 Å². The van der Waals surface area contributed by atoms with Gasteiger partial charge in [0.1, 0.15) is 0 Å². The molecule has 0 radical (unpaired) electrons. The Balaban J connectivity index is 2.36. The Kier molecular flexibility index (Phi) is 4.15. The lowest BCUT2D eigenvalue weighted by Crippen LogP contribution is -2.33. The topological polar surface area (TPSA) is 55.4 Å². The van der Waals surface area contributed by atoms with Crippen molar-refractivity contribution in [2.75, 3.05) is 18.9 Å². The fourth-order valence-electron chi connectivity index (χ4n) is 1.29. The van der Waals surface area contributed by atoms with E-state index < -0.39 is 15.4 Å². The van der Waals surface area contributed by atoms with Crippen molar-refractivity contribution < 1.29 is 13.2 Å². The Morgan fingerprint density at radius 3 is 2.77 bits per heavy atom. The van der Waals surface area contributed by atoms with Crippen LogP contribution in [0.15, 0.2) is 0 Å². The second-order valence-corrected chi connectivity index (χ2v) is 5.39. The lowest BCUT2D eigenvalue weighted by Gasteiger charge is -2.10. The van der Waals surface area contributed by atoms with E-state index in [9.17, 15) is 8.42 Å². The van der Waals surface area contributed by atoms with Gasteiger partial charge in [0, 0.05) is 6.54 Å². The van der Waals surface area contributed by atoms with Crippen LogP contribution in [0, 0.1) is 0 Å². The van der Waals surface area contributed by atoms with Gasteiger partial charge in [0.2, 0.25) is 5.56 Å². The zero-order valence-corrected chi connectivity index (χ0v) is 8.77. The van der Waals surface area contributed by atoms with Gasteiger partial charge in [-0.2, -0.15) is 0 Å². The van der Waals surface area contributed by atoms with E-state index in [1.807, 2.05) is 0 Å². The lowest BCUT2D eigenvalue weighted by molar-refractivity contribution is 0.159. The number of rotatable bonds is 5. The summed E-state index contributed by atoms with van der Waals surface area (Å²) in [7, 11) is -3.07. The highest BCUT2D eigenvalue weighted by atomic mass is 32.2. The van der Waals surface area contributed by atoms with Crippen molar-refractivity contribution >= 4 is 9.84 Å². The molecular weight excluding hydrogens is 190 g/mol. The number of hydrogen-bond donors (Lipinski definition) is 1. The maximum atomic E-state index is 11.5. The Morgan fingerprint density at radius 2 is 2.23 bits per heavy atom. The van der Waals surface area contributed by atoms with E-state index in [1.54, 1.807) is 0 Å². The number of sulfone groups is 1. The third-order valence-corrected chi connectivity index (χ3v) is 3.85. The van der Waals surface area contributed by atoms with Gasteiger partial charge in [-0.3, -0.25) is 5.32 Å². The van der Waals surface area contributed by atoms with Crippen molar-refractivity contribution in [2.45, 2.75) is 31.7 Å². The second kappa shape index (κ2) is 4.93. The van der Waals surface area contributed by atoms with Crippen LogP contribution in [-0.4, -0.2) is 32.9 Å². The smallest absolute Gasteiger partial charge is 0.212 e. The number of ether oxygens (including phenoxy) is 1. The third kappa shape index (κ3) is 3.25. The summed E-state index contributed by atoms with van der Waals surface area (Å²) in [6, 6.07) is 0. The first-order valence-electron chi connectivity index (χ1n) is 4.73. The summed E-state index contributed by atoms with van der Waals surface area (Å²) in [4.78, 5) is 0. The van der Waals surface area contributed by atoms with Gasteiger partial charge in [0.15, 0.2) is 9.84 Å². The molecule has 0 bridgehead atoms. The van der Waals surface area contributed by atoms with Gasteiger partial charge in [-0.05, 0) is 6.42 Å². The largest absolute Gasteiger partial charge is 0.348 e. The fraction of sp³-hybridized carbons (Fsp3) is 1.00. The van der Waals surface area contributed by atoms with Crippen LogP contribution < -0.4 is 5.32 Å². The summed E-state index contributed by atoms with van der Waals surface area (Å²) in [5, 5.41) is 2.81. The van der Waals surface area contributed by atoms with E-state index in [0.717, 1.165) is 19.3 Å². The van der Waals surface area contributed by atoms with Crippen molar-refractivity contribution in [1.82, 2.24) is 5.32 Å². The van der Waals surface area contributed by atoms with E-state index in [4.69, 9.17) is 4.74 Å². The molecule has 1 aliphatic heterocycles. The summed E-state index contributed by atoms with van der Waals surface area (Å²) in [5.74, 6) is 0.235. The van der Waals surface area contributed by atoms with Crippen molar-refractivity contribution in [3.63, 3.8) is 0 Å². The Bertz CT molecular complexity index is 232. The first-order chi connectivity index (χ1) is 6.17. The van der Waals surface area contributed by atoms with Crippen LogP contribution in [-0.2, 0) is 14.6 Å². The van der Waals surface area contributed by atoms with E-state index in [2.05, 4.69) is 12.2 Å². The molecule has 1 rings (SSSR count). The monoisotopic (exact) mass is 207 g/mol. The molecule has 0 aromatic carbocycles. The van der Waals surface area contributed by atoms with Gasteiger partial charge < -0.3 is 4.74 Å². The Labute approximate surface area is 79.6 Å². The molecule has 13 heavy (non-hydrogen) atoms. The Morgan fingerprint density at radius 1 is 1.46 bits per heavy atom. The highest BCUT2D eigenvalue weighted by Gasteiger charge is 2.28. The molecule has 0 amide bonds. The predicted octanol–water partition coefficient (Wildman–Crippen LogP) is 0.495. The third-order valence-electron chi connectivity index (χ3n) is 2.04. The molecule has 1 aliphatic rings. The zero-order chi connectivity index (χ0) is 9.73. The van der Waals surface area contributed by atoms with Crippen LogP contribution >= 0.6 is 0 Å². The second-order valence-electron chi connectivity index (χ2n) is 3.23. The van der Waals surface area contributed by atoms with Crippen LogP contribution in [0.5, 0.6) is 0 Å². The summed E-state index contributed by atoms with van der Waals surface area (Å²) >= 11 is 0. The molecule has 1 saturated heterocycles. The van der Waals surface area contributed by atoms with E-state index in [1.165, 1.54) is 0 Å². The number of nitrogens with one attached hydrogen (secondary N) is 1. The molecule has 1 fully saturated rings. The fourth-order valence-corrected chi connectivity index (χ4v) is 2.79. The first-order valence-corrected chi connectivity index (χ1v) is 6.45. The minimum atomic E-state index is -3.07. The molecule has 78 valence electrons. The van der Waals surface area contributed by atoms with Gasteiger partial charge in [-0.15, -0.1) is 0 Å². The molecule has 4 nitrogen and oxygen atoms in total. The van der Waals surface area contributed by atoms with Crippen LogP contribution in [0.25, 0.3) is 0 Å². The van der Waals surface area contributed by atoms with Crippen molar-refractivity contribution in [1.29, 1.82) is 0 Å². The molecule has 1 unspecified atom stereocenters. The average molecular weight is 207 g/mol. The minimum Gasteiger partial charge on any atom is -0.348 e. The SMILES string of the molecule is CCCCCS(=O)(=O)C1NCCO1. The molecular formula is C8H17NO3S. The maximum Gasteiger partial charge on any atom is 0.212 e. The molecule has 0 aromatic heterocycles. The van der Waals surface area contributed by atoms with Crippen molar-refractivity contribution in [3.8, 4) is 0 Å². The normalized spacial score (nSPS) is 23.6. The molecule has 1 atom stereocenters. The lowest BCUT2D eigenvalue weighted by atomic mass is 10.3. The highest BCUT2D eigenvalue weighted by molar-refractivity contribution is 7.91. The summed E-state index contributed by atoms with van der Waals surface area (Å²) in [6.45, 7) is 3.19. The quantitative estimate of drug-likeness (QED) is 0.667. The van der Waals surface area contributed by atoms with Crippen LogP contribution in [0.2, 0.25) is 0 Å². The van der Waals surface area contributed by atoms with Gasteiger partial charge in [-0.1, -0.05) is 19.8 Å². The maximum absolute atomic E-state index is 11.5. The first kappa shape index (κ1) is 10.9. The zero-order valence-electron chi connectivity index (χ0n) is 7.95. The molecule has 0 aliphatic carbocycles. The van der Waals surface area contributed by atoms with Gasteiger partial charge >= 0.3 is 0 Å². The van der Waals surface area contributed by atoms with Crippen molar-refractivity contribution in [2.24, 2.45) is 0 Å². The molecule has 0 spiro atoms. The van der Waals surface area contributed by atoms with Crippen molar-refractivity contribution in [3.05, 3.63) is 0 Å². The predicted molar refractivity (Wildman–Crippen MR) is 51.1 cm³/mol. The van der Waals surface area contributed by atoms with E-state index in [0.29, 0.717) is 13.2 Å².